The molecular formula is C32H47N3O4. The summed E-state index contributed by atoms with van der Waals surface area (Å²) in [6, 6.07) is 11.6. The molecule has 7 heteroatoms. The summed E-state index contributed by atoms with van der Waals surface area (Å²) in [5.41, 5.74) is 2.83. The van der Waals surface area contributed by atoms with Gasteiger partial charge >= 0.3 is 6.09 Å². The molecule has 0 aliphatic rings. The van der Waals surface area contributed by atoms with Crippen LogP contribution in [-0.4, -0.2) is 40.0 Å². The lowest BCUT2D eigenvalue weighted by Crippen LogP contribution is -2.58. The fourth-order valence-corrected chi connectivity index (χ4v) is 4.60. The molecule has 0 radical (unpaired) electrons. The fourth-order valence-electron chi connectivity index (χ4n) is 4.60. The summed E-state index contributed by atoms with van der Waals surface area (Å²) in [5, 5.41) is 5.87. The SMILES string of the molecule is Cc1ccc(C(C(=O)Nc2ccccc2C)N(C(=O)C(CC(C)C)NC(=O)OC(C)(C)C)C(C)(C)C)c(C)c1. The molecule has 2 rings (SSSR count). The first-order valence-corrected chi connectivity index (χ1v) is 13.7. The van der Waals surface area contributed by atoms with Gasteiger partial charge in [-0.05, 0) is 97.4 Å². The molecule has 3 amide bonds. The first kappa shape index (κ1) is 31.9. The molecule has 2 atom stereocenters. The molecular weight excluding hydrogens is 490 g/mol. The van der Waals surface area contributed by atoms with Crippen molar-refractivity contribution in [1.82, 2.24) is 10.2 Å². The van der Waals surface area contributed by atoms with Crippen molar-refractivity contribution in [1.29, 1.82) is 0 Å². The van der Waals surface area contributed by atoms with Crippen LogP contribution in [0.3, 0.4) is 0 Å². The molecule has 2 aromatic rings. The Morgan fingerprint density at radius 3 is 2.03 bits per heavy atom. The van der Waals surface area contributed by atoms with Crippen molar-refractivity contribution in [3.05, 3.63) is 64.7 Å². The third-order valence-corrected chi connectivity index (χ3v) is 6.29. The molecule has 0 fully saturated rings. The van der Waals surface area contributed by atoms with Crippen molar-refractivity contribution >= 4 is 23.6 Å². The first-order valence-electron chi connectivity index (χ1n) is 13.7. The van der Waals surface area contributed by atoms with Crippen LogP contribution in [0.2, 0.25) is 0 Å². The van der Waals surface area contributed by atoms with Gasteiger partial charge in [-0.1, -0.05) is 55.8 Å². The molecule has 0 aromatic heterocycles. The van der Waals surface area contributed by atoms with Crippen LogP contribution in [0, 0.1) is 26.7 Å². The Labute approximate surface area is 234 Å². The maximum atomic E-state index is 14.4. The monoisotopic (exact) mass is 537 g/mol. The third-order valence-electron chi connectivity index (χ3n) is 6.29. The first-order chi connectivity index (χ1) is 17.9. The fraction of sp³-hybridized carbons (Fsp3) is 0.531. The van der Waals surface area contributed by atoms with Crippen LogP contribution in [0.4, 0.5) is 10.5 Å². The van der Waals surface area contributed by atoms with Crippen LogP contribution < -0.4 is 10.6 Å². The van der Waals surface area contributed by atoms with Gasteiger partial charge in [-0.25, -0.2) is 4.79 Å². The molecule has 214 valence electrons. The number of nitrogens with zero attached hydrogens (tertiary/aromatic N) is 1. The molecule has 39 heavy (non-hydrogen) atoms. The van der Waals surface area contributed by atoms with Gasteiger partial charge in [0.25, 0.3) is 5.91 Å². The summed E-state index contributed by atoms with van der Waals surface area (Å²) in [4.78, 5) is 43.0. The molecule has 0 saturated carbocycles. The molecule has 0 heterocycles. The molecule has 2 unspecified atom stereocenters. The van der Waals surface area contributed by atoms with Crippen molar-refractivity contribution in [3.8, 4) is 0 Å². The van der Waals surface area contributed by atoms with Crippen LogP contribution in [0.1, 0.15) is 90.1 Å². The quantitative estimate of drug-likeness (QED) is 0.385. The lowest BCUT2D eigenvalue weighted by atomic mass is 9.91. The van der Waals surface area contributed by atoms with Crippen molar-refractivity contribution in [2.75, 3.05) is 5.32 Å². The third kappa shape index (κ3) is 9.12. The molecule has 2 N–H and O–H groups in total. The van der Waals surface area contributed by atoms with Crippen LogP contribution in [0.25, 0.3) is 0 Å². The number of anilines is 1. The van der Waals surface area contributed by atoms with Crippen molar-refractivity contribution in [3.63, 3.8) is 0 Å². The molecule has 0 saturated heterocycles. The van der Waals surface area contributed by atoms with Crippen molar-refractivity contribution in [2.24, 2.45) is 5.92 Å². The van der Waals surface area contributed by atoms with Gasteiger partial charge in [0.05, 0.1) is 0 Å². The van der Waals surface area contributed by atoms with Crippen LogP contribution in [-0.2, 0) is 14.3 Å². The van der Waals surface area contributed by atoms with E-state index >= 15 is 0 Å². The summed E-state index contributed by atoms with van der Waals surface area (Å²) >= 11 is 0. The van der Waals surface area contributed by atoms with E-state index in [9.17, 15) is 14.4 Å². The molecule has 0 bridgehead atoms. The number of amides is 3. The predicted octanol–water partition coefficient (Wildman–Crippen LogP) is 6.86. The van der Waals surface area contributed by atoms with E-state index in [2.05, 4.69) is 10.6 Å². The zero-order valence-electron chi connectivity index (χ0n) is 25.6. The van der Waals surface area contributed by atoms with E-state index in [1.165, 1.54) is 0 Å². The summed E-state index contributed by atoms with van der Waals surface area (Å²) in [5.74, 6) is -0.553. The van der Waals surface area contributed by atoms with Gasteiger partial charge in [0.15, 0.2) is 0 Å². The van der Waals surface area contributed by atoms with Crippen molar-refractivity contribution < 1.29 is 19.1 Å². The molecule has 7 nitrogen and oxygen atoms in total. The average Bonchev–Trinajstić information content (AvgIpc) is 2.76. The second-order valence-electron chi connectivity index (χ2n) is 12.8. The highest BCUT2D eigenvalue weighted by Gasteiger charge is 2.42. The number of ether oxygens (including phenoxy) is 1. The maximum absolute atomic E-state index is 14.4. The number of nitrogens with one attached hydrogen (secondary N) is 2. The summed E-state index contributed by atoms with van der Waals surface area (Å²) in [6.45, 7) is 20.9. The van der Waals surface area contributed by atoms with Crippen LogP contribution in [0.15, 0.2) is 42.5 Å². The van der Waals surface area contributed by atoms with Crippen molar-refractivity contribution in [2.45, 2.75) is 106 Å². The largest absolute Gasteiger partial charge is 0.444 e. The van der Waals surface area contributed by atoms with Crippen LogP contribution >= 0.6 is 0 Å². The Balaban J connectivity index is 2.65. The smallest absolute Gasteiger partial charge is 0.408 e. The second-order valence-corrected chi connectivity index (χ2v) is 12.8. The number of para-hydroxylation sites is 1. The Hall–Kier alpha value is -3.35. The van der Waals surface area contributed by atoms with E-state index in [0.717, 1.165) is 22.3 Å². The Bertz CT molecular complexity index is 1170. The highest BCUT2D eigenvalue weighted by molar-refractivity contribution is 5.99. The number of rotatable bonds is 8. The van der Waals surface area contributed by atoms with Gasteiger partial charge in [-0.2, -0.15) is 0 Å². The molecule has 0 aliphatic carbocycles. The van der Waals surface area contributed by atoms with E-state index in [1.54, 1.807) is 25.7 Å². The maximum Gasteiger partial charge on any atom is 0.408 e. The van der Waals surface area contributed by atoms with Gasteiger partial charge in [0, 0.05) is 11.2 Å². The van der Waals surface area contributed by atoms with Gasteiger partial charge < -0.3 is 20.3 Å². The van der Waals surface area contributed by atoms with Crippen LogP contribution in [0.5, 0.6) is 0 Å². The highest BCUT2D eigenvalue weighted by Crippen LogP contribution is 2.34. The minimum Gasteiger partial charge on any atom is -0.444 e. The van der Waals surface area contributed by atoms with Gasteiger partial charge in [-0.15, -0.1) is 0 Å². The van der Waals surface area contributed by atoms with E-state index in [1.807, 2.05) is 97.9 Å². The zero-order chi connectivity index (χ0) is 29.7. The van der Waals surface area contributed by atoms with Gasteiger partial charge in [-0.3, -0.25) is 9.59 Å². The molecule has 0 spiro atoms. The Kier molecular flexibility index (Phi) is 10.4. The minimum absolute atomic E-state index is 0.107. The standard InChI is InChI=1S/C32H47N3O4/c1-20(2)18-26(34-30(38)39-32(9,10)11)29(37)35(31(6,7)8)27(24-17-16-21(3)19-23(24)5)28(36)33-25-15-13-12-14-22(25)4/h12-17,19-20,26-27H,18H2,1-11H3,(H,33,36)(H,34,38). The zero-order valence-corrected chi connectivity index (χ0v) is 25.6. The molecule has 0 aliphatic heterocycles. The number of alkyl carbamates (subject to hydrolysis) is 1. The molecule has 2 aromatic carbocycles. The van der Waals surface area contributed by atoms with E-state index in [4.69, 9.17) is 4.74 Å². The normalized spacial score (nSPS) is 13.4. The number of carbonyl (C=O) groups excluding carboxylic acids is 3. The second kappa shape index (κ2) is 12.7. The highest BCUT2D eigenvalue weighted by atomic mass is 16.6. The van der Waals surface area contributed by atoms with E-state index in [-0.39, 0.29) is 17.7 Å². The minimum atomic E-state index is -0.937. The summed E-state index contributed by atoms with van der Waals surface area (Å²) in [6.07, 6.45) is -0.272. The Morgan fingerprint density at radius 2 is 1.51 bits per heavy atom. The predicted molar refractivity (Wildman–Crippen MR) is 158 cm³/mol. The lowest BCUT2D eigenvalue weighted by molar-refractivity contribution is -0.147. The number of hydrogen-bond acceptors (Lipinski definition) is 4. The summed E-state index contributed by atoms with van der Waals surface area (Å²) < 4.78 is 5.48. The van der Waals surface area contributed by atoms with Gasteiger partial charge in [0.1, 0.15) is 17.7 Å². The van der Waals surface area contributed by atoms with Gasteiger partial charge in [0.2, 0.25) is 5.91 Å². The lowest BCUT2D eigenvalue weighted by Gasteiger charge is -2.43. The number of aryl methyl sites for hydroxylation is 3. The average molecular weight is 538 g/mol. The van der Waals surface area contributed by atoms with E-state index in [0.29, 0.717) is 12.1 Å². The Morgan fingerprint density at radius 1 is 0.897 bits per heavy atom. The van der Waals surface area contributed by atoms with E-state index < -0.39 is 29.3 Å². The number of hydrogen-bond donors (Lipinski definition) is 2. The number of carbonyl (C=O) groups is 3. The number of benzene rings is 2. The summed E-state index contributed by atoms with van der Waals surface area (Å²) in [7, 11) is 0. The topological polar surface area (TPSA) is 87.7 Å².